The average molecular weight is 275 g/mol. The van der Waals surface area contributed by atoms with Crippen LogP contribution in [0.25, 0.3) is 5.65 Å². The van der Waals surface area contributed by atoms with E-state index in [-0.39, 0.29) is 5.91 Å². The van der Waals surface area contributed by atoms with E-state index in [9.17, 15) is 4.79 Å². The summed E-state index contributed by atoms with van der Waals surface area (Å²) < 4.78 is 7.29. The van der Waals surface area contributed by atoms with E-state index in [0.29, 0.717) is 24.8 Å². The van der Waals surface area contributed by atoms with Crippen molar-refractivity contribution in [3.05, 3.63) is 36.3 Å². The van der Waals surface area contributed by atoms with Crippen molar-refractivity contribution in [2.45, 2.75) is 20.3 Å². The lowest BCUT2D eigenvalue weighted by atomic mass is 10.2. The van der Waals surface area contributed by atoms with Crippen LogP contribution >= 0.6 is 0 Å². The van der Waals surface area contributed by atoms with E-state index in [0.717, 1.165) is 18.7 Å². The lowest BCUT2D eigenvalue weighted by Gasteiger charge is -2.07. The van der Waals surface area contributed by atoms with E-state index in [2.05, 4.69) is 24.1 Å². The number of fused-ring (bicyclic) bond motifs is 1. The zero-order chi connectivity index (χ0) is 14.4. The Morgan fingerprint density at radius 3 is 3.05 bits per heavy atom. The first-order valence-electron chi connectivity index (χ1n) is 6.96. The van der Waals surface area contributed by atoms with Gasteiger partial charge in [-0.25, -0.2) is 4.98 Å². The Hall–Kier alpha value is -1.88. The normalized spacial score (nSPS) is 11.2. The third-order valence-corrected chi connectivity index (χ3v) is 2.80. The molecule has 0 aliphatic heterocycles. The van der Waals surface area contributed by atoms with Gasteiger partial charge in [0.05, 0.1) is 0 Å². The summed E-state index contributed by atoms with van der Waals surface area (Å²) in [4.78, 5) is 16.2. The summed E-state index contributed by atoms with van der Waals surface area (Å²) in [6.45, 7) is 6.27. The van der Waals surface area contributed by atoms with Crippen LogP contribution in [0.2, 0.25) is 0 Å². The number of pyridine rings is 1. The number of ether oxygens (including phenoxy) is 1. The minimum Gasteiger partial charge on any atom is -0.381 e. The van der Waals surface area contributed by atoms with Crippen molar-refractivity contribution < 1.29 is 9.53 Å². The third kappa shape index (κ3) is 4.06. The zero-order valence-corrected chi connectivity index (χ0v) is 12.0. The van der Waals surface area contributed by atoms with Gasteiger partial charge in [0.15, 0.2) is 0 Å². The fourth-order valence-corrected chi connectivity index (χ4v) is 1.83. The van der Waals surface area contributed by atoms with Gasteiger partial charge in [-0.2, -0.15) is 0 Å². The molecule has 0 spiro atoms. The van der Waals surface area contributed by atoms with E-state index in [1.54, 1.807) is 6.20 Å². The van der Waals surface area contributed by atoms with Crippen molar-refractivity contribution in [3.63, 3.8) is 0 Å². The molecular formula is C15H21N3O2. The number of nitrogens with zero attached hydrogens (tertiary/aromatic N) is 2. The minimum absolute atomic E-state index is 0.141. The molecule has 0 aliphatic rings. The van der Waals surface area contributed by atoms with Crippen molar-refractivity contribution >= 4 is 11.6 Å². The van der Waals surface area contributed by atoms with Gasteiger partial charge in [0.1, 0.15) is 11.3 Å². The predicted molar refractivity (Wildman–Crippen MR) is 77.8 cm³/mol. The Morgan fingerprint density at radius 1 is 1.45 bits per heavy atom. The van der Waals surface area contributed by atoms with Crippen molar-refractivity contribution in [2.75, 3.05) is 19.8 Å². The fourth-order valence-electron chi connectivity index (χ4n) is 1.83. The molecule has 2 aromatic heterocycles. The zero-order valence-electron chi connectivity index (χ0n) is 12.0. The van der Waals surface area contributed by atoms with Crippen LogP contribution in [-0.4, -0.2) is 35.1 Å². The molecule has 2 heterocycles. The number of nitrogens with one attached hydrogen (secondary N) is 1. The number of amides is 1. The largest absolute Gasteiger partial charge is 0.381 e. The summed E-state index contributed by atoms with van der Waals surface area (Å²) in [5.74, 6) is 0.403. The third-order valence-electron chi connectivity index (χ3n) is 2.80. The van der Waals surface area contributed by atoms with Gasteiger partial charge in [0.25, 0.3) is 5.91 Å². The van der Waals surface area contributed by atoms with E-state index in [1.165, 1.54) is 0 Å². The highest BCUT2D eigenvalue weighted by atomic mass is 16.5. The van der Waals surface area contributed by atoms with Crippen molar-refractivity contribution in [3.8, 4) is 0 Å². The van der Waals surface area contributed by atoms with Crippen molar-refractivity contribution in [1.82, 2.24) is 14.7 Å². The Bertz CT molecular complexity index is 530. The Balaban J connectivity index is 1.74. The Kier molecular flexibility index (Phi) is 5.12. The molecule has 20 heavy (non-hydrogen) atoms. The number of carbonyl (C=O) groups is 1. The summed E-state index contributed by atoms with van der Waals surface area (Å²) in [7, 11) is 0. The first-order valence-corrected chi connectivity index (χ1v) is 6.96. The molecule has 2 rings (SSSR count). The van der Waals surface area contributed by atoms with Crippen molar-refractivity contribution in [1.29, 1.82) is 0 Å². The molecule has 0 aromatic carbocycles. The summed E-state index contributed by atoms with van der Waals surface area (Å²) in [6.07, 6.45) is 4.42. The van der Waals surface area contributed by atoms with E-state index < -0.39 is 0 Å². The highest BCUT2D eigenvalue weighted by Gasteiger charge is 2.09. The molecule has 0 radical (unpaired) electrons. The number of rotatable bonds is 7. The second-order valence-corrected chi connectivity index (χ2v) is 5.17. The SMILES string of the molecule is CC(C)COCCCNC(=O)c1cn2ccccc2n1. The van der Waals surface area contributed by atoms with Crippen LogP contribution in [0.3, 0.4) is 0 Å². The number of hydrogen-bond donors (Lipinski definition) is 1. The summed E-state index contributed by atoms with van der Waals surface area (Å²) >= 11 is 0. The molecular weight excluding hydrogens is 254 g/mol. The van der Waals surface area contributed by atoms with Crippen LogP contribution in [0.1, 0.15) is 30.8 Å². The molecule has 0 saturated carbocycles. The van der Waals surface area contributed by atoms with Gasteiger partial charge in [0.2, 0.25) is 0 Å². The van der Waals surface area contributed by atoms with E-state index >= 15 is 0 Å². The number of hydrogen-bond acceptors (Lipinski definition) is 3. The summed E-state index contributed by atoms with van der Waals surface area (Å²) in [5.41, 5.74) is 1.22. The maximum absolute atomic E-state index is 11.9. The van der Waals surface area contributed by atoms with Gasteiger partial charge in [-0.05, 0) is 24.5 Å². The van der Waals surface area contributed by atoms with Crippen LogP contribution in [0, 0.1) is 5.92 Å². The lowest BCUT2D eigenvalue weighted by Crippen LogP contribution is -2.25. The molecule has 1 amide bonds. The van der Waals surface area contributed by atoms with E-state index in [4.69, 9.17) is 4.74 Å². The predicted octanol–water partition coefficient (Wildman–Crippen LogP) is 2.13. The number of aromatic nitrogens is 2. The summed E-state index contributed by atoms with van der Waals surface area (Å²) in [5, 5.41) is 2.85. The molecule has 108 valence electrons. The molecule has 0 fully saturated rings. The molecule has 0 bridgehead atoms. The van der Waals surface area contributed by atoms with E-state index in [1.807, 2.05) is 28.8 Å². The van der Waals surface area contributed by atoms with Gasteiger partial charge in [-0.3, -0.25) is 4.79 Å². The molecule has 1 N–H and O–H groups in total. The monoisotopic (exact) mass is 275 g/mol. The second-order valence-electron chi connectivity index (χ2n) is 5.17. The first kappa shape index (κ1) is 14.5. The Labute approximate surface area is 119 Å². The van der Waals surface area contributed by atoms with Gasteiger partial charge >= 0.3 is 0 Å². The van der Waals surface area contributed by atoms with Gasteiger partial charge in [-0.1, -0.05) is 19.9 Å². The highest BCUT2D eigenvalue weighted by molar-refractivity contribution is 5.92. The topological polar surface area (TPSA) is 55.6 Å². The van der Waals surface area contributed by atoms with Crippen LogP contribution in [0.15, 0.2) is 30.6 Å². The molecule has 0 atom stereocenters. The maximum atomic E-state index is 11.9. The molecule has 0 unspecified atom stereocenters. The molecule has 2 aromatic rings. The average Bonchev–Trinajstić information content (AvgIpc) is 2.86. The van der Waals surface area contributed by atoms with Gasteiger partial charge < -0.3 is 14.5 Å². The fraction of sp³-hybridized carbons (Fsp3) is 0.467. The Morgan fingerprint density at radius 2 is 2.30 bits per heavy atom. The van der Waals surface area contributed by atoms with Crippen LogP contribution < -0.4 is 5.32 Å². The molecule has 0 saturated heterocycles. The molecule has 5 heteroatoms. The quantitative estimate of drug-likeness (QED) is 0.788. The van der Waals surface area contributed by atoms with Crippen LogP contribution in [0.4, 0.5) is 0 Å². The smallest absolute Gasteiger partial charge is 0.271 e. The second kappa shape index (κ2) is 7.05. The first-order chi connectivity index (χ1) is 9.66. The lowest BCUT2D eigenvalue weighted by molar-refractivity contribution is 0.0921. The summed E-state index contributed by atoms with van der Waals surface area (Å²) in [6, 6.07) is 5.68. The van der Waals surface area contributed by atoms with Crippen LogP contribution in [-0.2, 0) is 4.74 Å². The minimum atomic E-state index is -0.141. The highest BCUT2D eigenvalue weighted by Crippen LogP contribution is 2.04. The maximum Gasteiger partial charge on any atom is 0.271 e. The standard InChI is InChI=1S/C15H21N3O2/c1-12(2)11-20-9-5-7-16-15(19)13-10-18-8-4-3-6-14(18)17-13/h3-4,6,8,10,12H,5,7,9,11H2,1-2H3,(H,16,19). The van der Waals surface area contributed by atoms with Gasteiger partial charge in [-0.15, -0.1) is 0 Å². The van der Waals surface area contributed by atoms with Crippen LogP contribution in [0.5, 0.6) is 0 Å². The number of imidazole rings is 1. The van der Waals surface area contributed by atoms with Gasteiger partial charge in [0, 0.05) is 32.2 Å². The molecule has 0 aliphatic carbocycles. The van der Waals surface area contributed by atoms with Crippen molar-refractivity contribution in [2.24, 2.45) is 5.92 Å². The molecule has 5 nitrogen and oxygen atoms in total. The number of carbonyl (C=O) groups excluding carboxylic acids is 1.